The van der Waals surface area contributed by atoms with Gasteiger partial charge in [-0.1, -0.05) is 24.3 Å². The molecule has 0 saturated heterocycles. The second-order valence-electron chi connectivity index (χ2n) is 5.13. The van der Waals surface area contributed by atoms with Crippen LogP contribution in [0.4, 0.5) is 0 Å². The van der Waals surface area contributed by atoms with Crippen LogP contribution < -0.4 is 10.5 Å². The Kier molecular flexibility index (Phi) is 4.70. The number of methoxy groups -OCH3 is 1. The van der Waals surface area contributed by atoms with E-state index in [-0.39, 0.29) is 6.04 Å². The molecule has 0 saturated carbocycles. The molecule has 0 radical (unpaired) electrons. The van der Waals surface area contributed by atoms with Crippen LogP contribution >= 0.6 is 22.6 Å². The van der Waals surface area contributed by atoms with Gasteiger partial charge in [0.1, 0.15) is 5.75 Å². The third-order valence-electron chi connectivity index (χ3n) is 3.68. The van der Waals surface area contributed by atoms with Gasteiger partial charge in [-0.15, -0.1) is 0 Å². The number of nitrogens with two attached hydrogens (primary N) is 1. The van der Waals surface area contributed by atoms with E-state index >= 15 is 0 Å². The molecule has 2 rings (SSSR count). The number of benzene rings is 2. The number of halogens is 1. The summed E-state index contributed by atoms with van der Waals surface area (Å²) >= 11 is 2.38. The van der Waals surface area contributed by atoms with Crippen LogP contribution in [-0.4, -0.2) is 7.11 Å². The molecule has 3 heteroatoms. The van der Waals surface area contributed by atoms with E-state index in [0.717, 1.165) is 22.4 Å². The Hall–Kier alpha value is -1.07. The van der Waals surface area contributed by atoms with Crippen molar-refractivity contribution in [3.05, 3.63) is 61.7 Å². The lowest BCUT2D eigenvalue weighted by molar-refractivity contribution is 0.411. The van der Waals surface area contributed by atoms with Crippen molar-refractivity contribution in [3.63, 3.8) is 0 Å². The van der Waals surface area contributed by atoms with Gasteiger partial charge in [0.15, 0.2) is 0 Å². The Bertz CT molecular complexity index is 637. The maximum absolute atomic E-state index is 6.50. The van der Waals surface area contributed by atoms with Gasteiger partial charge in [0.2, 0.25) is 0 Å². The van der Waals surface area contributed by atoms with Crippen LogP contribution in [0.2, 0.25) is 0 Å². The molecule has 0 aromatic heterocycles. The summed E-state index contributed by atoms with van der Waals surface area (Å²) in [5, 5.41) is 0. The fourth-order valence-electron chi connectivity index (χ4n) is 2.44. The molecule has 0 spiro atoms. The zero-order valence-corrected chi connectivity index (χ0v) is 14.5. The number of hydrogen-bond acceptors (Lipinski definition) is 2. The molecule has 0 heterocycles. The van der Waals surface area contributed by atoms with Gasteiger partial charge in [-0.05, 0) is 77.2 Å². The van der Waals surface area contributed by atoms with Crippen LogP contribution in [0.1, 0.15) is 33.9 Å². The highest BCUT2D eigenvalue weighted by Gasteiger charge is 2.16. The molecule has 1 unspecified atom stereocenters. The van der Waals surface area contributed by atoms with E-state index in [9.17, 15) is 0 Å². The first-order valence-corrected chi connectivity index (χ1v) is 7.69. The monoisotopic (exact) mass is 381 g/mol. The van der Waals surface area contributed by atoms with Crippen molar-refractivity contribution in [1.29, 1.82) is 0 Å². The predicted octanol–water partition coefficient (Wildman–Crippen LogP) is 4.27. The molecule has 1 atom stereocenters. The first kappa shape index (κ1) is 15.3. The van der Waals surface area contributed by atoms with E-state index in [4.69, 9.17) is 10.5 Å². The summed E-state index contributed by atoms with van der Waals surface area (Å²) in [6, 6.07) is 10.4. The van der Waals surface area contributed by atoms with Gasteiger partial charge in [0, 0.05) is 3.57 Å². The van der Waals surface area contributed by atoms with Gasteiger partial charge in [-0.2, -0.15) is 0 Å². The predicted molar refractivity (Wildman–Crippen MR) is 92.4 cm³/mol. The van der Waals surface area contributed by atoms with Crippen LogP contribution in [0.15, 0.2) is 30.3 Å². The number of ether oxygens (including phenoxy) is 1. The standard InChI is InChI=1S/C17H20INO/c1-10-6-5-7-13(16(10)18)17(19)14-8-12(3)15(20-4)9-11(14)2/h5-9,17H,19H2,1-4H3. The van der Waals surface area contributed by atoms with Crippen molar-refractivity contribution in [3.8, 4) is 5.75 Å². The maximum atomic E-state index is 6.50. The minimum atomic E-state index is -0.105. The fraction of sp³-hybridized carbons (Fsp3) is 0.294. The van der Waals surface area contributed by atoms with Crippen LogP contribution in [0.25, 0.3) is 0 Å². The molecule has 106 valence electrons. The average molecular weight is 381 g/mol. The Labute approximate surface area is 134 Å². The smallest absolute Gasteiger partial charge is 0.122 e. The Balaban J connectivity index is 2.51. The van der Waals surface area contributed by atoms with Crippen molar-refractivity contribution in [2.75, 3.05) is 7.11 Å². The topological polar surface area (TPSA) is 35.2 Å². The molecule has 2 N–H and O–H groups in total. The van der Waals surface area contributed by atoms with E-state index in [1.165, 1.54) is 14.7 Å². The van der Waals surface area contributed by atoms with Gasteiger partial charge in [0.25, 0.3) is 0 Å². The summed E-state index contributed by atoms with van der Waals surface area (Å²) in [7, 11) is 1.70. The molecule has 0 fully saturated rings. The lowest BCUT2D eigenvalue weighted by Gasteiger charge is -2.19. The minimum Gasteiger partial charge on any atom is -0.496 e. The second kappa shape index (κ2) is 6.14. The highest BCUT2D eigenvalue weighted by Crippen LogP contribution is 2.31. The Morgan fingerprint density at radius 3 is 2.35 bits per heavy atom. The third-order valence-corrected chi connectivity index (χ3v) is 5.15. The molecule has 0 aliphatic rings. The summed E-state index contributed by atoms with van der Waals surface area (Å²) in [4.78, 5) is 0. The first-order valence-electron chi connectivity index (χ1n) is 6.61. The zero-order chi connectivity index (χ0) is 14.9. The van der Waals surface area contributed by atoms with Crippen LogP contribution in [-0.2, 0) is 0 Å². The molecule has 2 nitrogen and oxygen atoms in total. The van der Waals surface area contributed by atoms with Crippen molar-refractivity contribution >= 4 is 22.6 Å². The summed E-state index contributed by atoms with van der Waals surface area (Å²) in [6.45, 7) is 6.25. The van der Waals surface area contributed by atoms with Crippen LogP contribution in [0.5, 0.6) is 5.75 Å². The van der Waals surface area contributed by atoms with Crippen LogP contribution in [0, 0.1) is 24.3 Å². The van der Waals surface area contributed by atoms with E-state index in [2.05, 4.69) is 73.7 Å². The highest BCUT2D eigenvalue weighted by molar-refractivity contribution is 14.1. The number of hydrogen-bond donors (Lipinski definition) is 1. The third kappa shape index (κ3) is 2.83. The maximum Gasteiger partial charge on any atom is 0.122 e. The van der Waals surface area contributed by atoms with E-state index in [1.807, 2.05) is 0 Å². The van der Waals surface area contributed by atoms with Gasteiger partial charge in [0.05, 0.1) is 13.2 Å². The molecular weight excluding hydrogens is 361 g/mol. The molecular formula is C17H20INO. The van der Waals surface area contributed by atoms with Crippen molar-refractivity contribution in [2.24, 2.45) is 5.73 Å². The fourth-order valence-corrected chi connectivity index (χ4v) is 3.14. The van der Waals surface area contributed by atoms with Crippen molar-refractivity contribution < 1.29 is 4.74 Å². The Morgan fingerprint density at radius 2 is 1.70 bits per heavy atom. The summed E-state index contributed by atoms with van der Waals surface area (Å²) in [5.74, 6) is 0.914. The molecule has 0 amide bonds. The van der Waals surface area contributed by atoms with Crippen molar-refractivity contribution in [2.45, 2.75) is 26.8 Å². The number of aryl methyl sites for hydroxylation is 3. The van der Waals surface area contributed by atoms with Gasteiger partial charge >= 0.3 is 0 Å². The first-order chi connectivity index (χ1) is 9.45. The summed E-state index contributed by atoms with van der Waals surface area (Å²) < 4.78 is 6.61. The molecule has 2 aromatic rings. The molecule has 2 aromatic carbocycles. The van der Waals surface area contributed by atoms with Crippen LogP contribution in [0.3, 0.4) is 0 Å². The normalized spacial score (nSPS) is 12.3. The largest absolute Gasteiger partial charge is 0.496 e. The second-order valence-corrected chi connectivity index (χ2v) is 6.21. The van der Waals surface area contributed by atoms with E-state index in [1.54, 1.807) is 7.11 Å². The molecule has 20 heavy (non-hydrogen) atoms. The van der Waals surface area contributed by atoms with Gasteiger partial charge in [-0.25, -0.2) is 0 Å². The minimum absolute atomic E-state index is 0.105. The van der Waals surface area contributed by atoms with E-state index in [0.29, 0.717) is 0 Å². The van der Waals surface area contributed by atoms with E-state index < -0.39 is 0 Å². The SMILES string of the molecule is COc1cc(C)c(C(N)c2cccc(C)c2I)cc1C. The average Bonchev–Trinajstić information content (AvgIpc) is 2.43. The van der Waals surface area contributed by atoms with Gasteiger partial charge < -0.3 is 10.5 Å². The lowest BCUT2D eigenvalue weighted by Crippen LogP contribution is -2.15. The van der Waals surface area contributed by atoms with Crippen molar-refractivity contribution in [1.82, 2.24) is 0 Å². The molecule has 0 aliphatic heterocycles. The van der Waals surface area contributed by atoms with Gasteiger partial charge in [-0.3, -0.25) is 0 Å². The summed E-state index contributed by atoms with van der Waals surface area (Å²) in [6.07, 6.45) is 0. The Morgan fingerprint density at radius 1 is 1.00 bits per heavy atom. The number of rotatable bonds is 3. The lowest BCUT2D eigenvalue weighted by atomic mass is 9.93. The molecule has 0 bridgehead atoms. The quantitative estimate of drug-likeness (QED) is 0.806. The summed E-state index contributed by atoms with van der Waals surface area (Å²) in [5.41, 5.74) is 12.4. The molecule has 0 aliphatic carbocycles. The zero-order valence-electron chi connectivity index (χ0n) is 12.3. The highest BCUT2D eigenvalue weighted by atomic mass is 127.